The van der Waals surface area contributed by atoms with E-state index in [0.29, 0.717) is 17.6 Å². The summed E-state index contributed by atoms with van der Waals surface area (Å²) in [5, 5.41) is 0. The van der Waals surface area contributed by atoms with Crippen LogP contribution in [0.3, 0.4) is 0 Å². The van der Waals surface area contributed by atoms with E-state index in [-0.39, 0.29) is 17.2 Å². The van der Waals surface area contributed by atoms with Crippen LogP contribution in [0.2, 0.25) is 0 Å². The van der Waals surface area contributed by atoms with Gasteiger partial charge in [-0.1, -0.05) is 31.2 Å². The maximum absolute atomic E-state index is 13.2. The van der Waals surface area contributed by atoms with Crippen LogP contribution in [0, 0.1) is 5.92 Å². The lowest BCUT2D eigenvalue weighted by molar-refractivity contribution is -0.137. The molecule has 1 aliphatic rings. The molecule has 1 atom stereocenters. The Balaban J connectivity index is 2.60. The maximum atomic E-state index is 13.2. The molecule has 0 amide bonds. The Morgan fingerprint density at radius 3 is 2.55 bits per heavy atom. The number of carbonyl (C=O) groups excluding carboxylic acids is 1. The summed E-state index contributed by atoms with van der Waals surface area (Å²) in [4.78, 5) is 10.7. The van der Waals surface area contributed by atoms with E-state index in [0.717, 1.165) is 6.29 Å². The van der Waals surface area contributed by atoms with Crippen LogP contribution in [0.5, 0.6) is 0 Å². The van der Waals surface area contributed by atoms with Crippen LogP contribution in [-0.2, 0) is 11.0 Å². The highest BCUT2D eigenvalue weighted by Gasteiger charge is 2.37. The Kier molecular flexibility index (Phi) is 3.70. The second-order valence-electron chi connectivity index (χ2n) is 4.85. The number of halogens is 3. The topological polar surface area (TPSA) is 43.1 Å². The zero-order chi connectivity index (χ0) is 14.9. The minimum Gasteiger partial charge on any atom is -0.398 e. The van der Waals surface area contributed by atoms with E-state index in [4.69, 9.17) is 5.73 Å². The van der Waals surface area contributed by atoms with E-state index in [2.05, 4.69) is 0 Å². The predicted molar refractivity (Wildman–Crippen MR) is 71.8 cm³/mol. The molecule has 0 bridgehead atoms. The van der Waals surface area contributed by atoms with Crippen LogP contribution in [0.1, 0.15) is 24.5 Å². The zero-order valence-corrected chi connectivity index (χ0v) is 10.9. The number of rotatable bonds is 2. The van der Waals surface area contributed by atoms with Crippen LogP contribution < -0.4 is 5.73 Å². The number of alkyl halides is 3. The van der Waals surface area contributed by atoms with Crippen molar-refractivity contribution in [3.8, 4) is 0 Å². The molecule has 106 valence electrons. The molecular formula is C15H14F3NO. The normalized spacial score (nSPS) is 19.3. The minimum atomic E-state index is -4.50. The third kappa shape index (κ3) is 2.61. The number of nitrogens with two attached hydrogens (primary N) is 1. The number of carbonyl (C=O) groups is 1. The van der Waals surface area contributed by atoms with Crippen molar-refractivity contribution in [2.75, 3.05) is 5.73 Å². The number of hydrogen-bond acceptors (Lipinski definition) is 2. The first-order chi connectivity index (χ1) is 9.34. The Bertz CT molecular complexity index is 600. The summed E-state index contributed by atoms with van der Waals surface area (Å²) in [5.41, 5.74) is 5.63. The van der Waals surface area contributed by atoms with E-state index in [1.54, 1.807) is 19.1 Å². The summed E-state index contributed by atoms with van der Waals surface area (Å²) >= 11 is 0. The summed E-state index contributed by atoms with van der Waals surface area (Å²) < 4.78 is 39.5. The lowest BCUT2D eigenvalue weighted by Gasteiger charge is -2.23. The molecule has 1 aliphatic carbocycles. The van der Waals surface area contributed by atoms with Gasteiger partial charge in [0.15, 0.2) is 0 Å². The number of nitrogen functional groups attached to an aromatic ring is 1. The van der Waals surface area contributed by atoms with Gasteiger partial charge in [0.2, 0.25) is 0 Å². The molecule has 2 rings (SSSR count). The van der Waals surface area contributed by atoms with Gasteiger partial charge in [0, 0.05) is 5.69 Å². The Labute approximate surface area is 114 Å². The standard InChI is InChI=1S/C15H14F3NO/c1-9-7-10(8-20)5-6-11(9)12-3-2-4-13(19)14(12)15(16,17)18/h2-6,8-9H,7,19H2,1H3. The molecule has 0 aromatic heterocycles. The fourth-order valence-corrected chi connectivity index (χ4v) is 2.46. The average molecular weight is 281 g/mol. The van der Waals surface area contributed by atoms with Crippen molar-refractivity contribution in [3.05, 3.63) is 47.1 Å². The lowest BCUT2D eigenvalue weighted by atomic mass is 9.83. The molecule has 0 saturated heterocycles. The highest BCUT2D eigenvalue weighted by molar-refractivity contribution is 5.82. The predicted octanol–water partition coefficient (Wildman–Crippen LogP) is 3.84. The fourth-order valence-electron chi connectivity index (χ4n) is 2.46. The Hall–Kier alpha value is -2.04. The molecule has 0 saturated carbocycles. The molecule has 0 radical (unpaired) electrons. The van der Waals surface area contributed by atoms with Crippen molar-refractivity contribution in [2.45, 2.75) is 19.5 Å². The van der Waals surface area contributed by atoms with Gasteiger partial charge in [-0.3, -0.25) is 4.79 Å². The van der Waals surface area contributed by atoms with Crippen molar-refractivity contribution in [1.29, 1.82) is 0 Å². The summed E-state index contributed by atoms with van der Waals surface area (Å²) in [5.74, 6) is -0.164. The van der Waals surface area contributed by atoms with E-state index >= 15 is 0 Å². The molecule has 1 aromatic rings. The van der Waals surface area contributed by atoms with E-state index in [9.17, 15) is 18.0 Å². The maximum Gasteiger partial charge on any atom is 0.418 e. The third-order valence-electron chi connectivity index (χ3n) is 3.39. The number of aldehydes is 1. The van der Waals surface area contributed by atoms with Crippen molar-refractivity contribution in [2.24, 2.45) is 5.92 Å². The molecule has 0 aliphatic heterocycles. The van der Waals surface area contributed by atoms with Gasteiger partial charge >= 0.3 is 6.18 Å². The number of benzene rings is 1. The van der Waals surface area contributed by atoms with Gasteiger partial charge in [0.25, 0.3) is 0 Å². The Morgan fingerprint density at radius 2 is 2.00 bits per heavy atom. The second kappa shape index (κ2) is 5.15. The number of anilines is 1. The first-order valence-electron chi connectivity index (χ1n) is 6.16. The van der Waals surface area contributed by atoms with Gasteiger partial charge in [-0.2, -0.15) is 13.2 Å². The van der Waals surface area contributed by atoms with Crippen molar-refractivity contribution >= 4 is 17.5 Å². The van der Waals surface area contributed by atoms with Gasteiger partial charge < -0.3 is 5.73 Å². The molecule has 20 heavy (non-hydrogen) atoms. The zero-order valence-electron chi connectivity index (χ0n) is 10.9. The van der Waals surface area contributed by atoms with Gasteiger partial charge in [-0.05, 0) is 35.1 Å². The average Bonchev–Trinajstić information content (AvgIpc) is 2.36. The van der Waals surface area contributed by atoms with E-state index in [1.165, 1.54) is 18.2 Å². The van der Waals surface area contributed by atoms with E-state index < -0.39 is 11.7 Å². The number of allylic oxidation sites excluding steroid dienone is 4. The summed E-state index contributed by atoms with van der Waals surface area (Å²) in [7, 11) is 0. The van der Waals surface area contributed by atoms with Crippen LogP contribution >= 0.6 is 0 Å². The fraction of sp³-hybridized carbons (Fsp3) is 0.267. The molecule has 0 heterocycles. The SMILES string of the molecule is CC1CC(C=O)=CC=C1c1cccc(N)c1C(F)(F)F. The van der Waals surface area contributed by atoms with Crippen LogP contribution in [0.25, 0.3) is 5.57 Å². The van der Waals surface area contributed by atoms with Crippen LogP contribution in [0.4, 0.5) is 18.9 Å². The first kappa shape index (κ1) is 14.4. The Morgan fingerprint density at radius 1 is 1.30 bits per heavy atom. The van der Waals surface area contributed by atoms with Gasteiger partial charge in [0.05, 0.1) is 5.56 Å². The molecule has 1 aromatic carbocycles. The molecule has 0 fully saturated rings. The molecule has 2 nitrogen and oxygen atoms in total. The monoisotopic (exact) mass is 281 g/mol. The highest BCUT2D eigenvalue weighted by atomic mass is 19.4. The largest absolute Gasteiger partial charge is 0.418 e. The summed E-state index contributed by atoms with van der Waals surface area (Å²) in [6.45, 7) is 1.80. The molecule has 0 spiro atoms. The first-order valence-corrected chi connectivity index (χ1v) is 6.16. The van der Waals surface area contributed by atoms with Crippen molar-refractivity contribution in [3.63, 3.8) is 0 Å². The highest BCUT2D eigenvalue weighted by Crippen LogP contribution is 2.42. The van der Waals surface area contributed by atoms with Crippen molar-refractivity contribution < 1.29 is 18.0 Å². The van der Waals surface area contributed by atoms with Gasteiger partial charge in [-0.15, -0.1) is 0 Å². The third-order valence-corrected chi connectivity index (χ3v) is 3.39. The van der Waals surface area contributed by atoms with Gasteiger partial charge in [-0.25, -0.2) is 0 Å². The van der Waals surface area contributed by atoms with Crippen LogP contribution in [0.15, 0.2) is 35.9 Å². The summed E-state index contributed by atoms with van der Waals surface area (Å²) in [6.07, 6.45) is -0.210. The summed E-state index contributed by atoms with van der Waals surface area (Å²) in [6, 6.07) is 4.17. The van der Waals surface area contributed by atoms with Crippen molar-refractivity contribution in [1.82, 2.24) is 0 Å². The number of hydrogen-bond donors (Lipinski definition) is 1. The lowest BCUT2D eigenvalue weighted by Crippen LogP contribution is -2.15. The molecule has 1 unspecified atom stereocenters. The smallest absolute Gasteiger partial charge is 0.398 e. The van der Waals surface area contributed by atoms with Gasteiger partial charge in [0.1, 0.15) is 6.29 Å². The van der Waals surface area contributed by atoms with Crippen LogP contribution in [-0.4, -0.2) is 6.29 Å². The van der Waals surface area contributed by atoms with E-state index in [1.807, 2.05) is 0 Å². The minimum absolute atomic E-state index is 0.0891. The molecule has 5 heteroatoms. The molecular weight excluding hydrogens is 267 g/mol. The second-order valence-corrected chi connectivity index (χ2v) is 4.85. The molecule has 2 N–H and O–H groups in total. The quantitative estimate of drug-likeness (QED) is 0.661.